The summed E-state index contributed by atoms with van der Waals surface area (Å²) >= 11 is 1.92. The first-order valence-electron chi connectivity index (χ1n) is 6.63. The first-order chi connectivity index (χ1) is 8.81. The Kier molecular flexibility index (Phi) is 3.66. The summed E-state index contributed by atoms with van der Waals surface area (Å²) in [7, 11) is 0. The molecule has 0 bridgehead atoms. The van der Waals surface area contributed by atoms with Crippen molar-refractivity contribution in [2.24, 2.45) is 5.73 Å². The molecule has 18 heavy (non-hydrogen) atoms. The Bertz CT molecular complexity index is 424. The van der Waals surface area contributed by atoms with Gasteiger partial charge in [-0.15, -0.1) is 11.8 Å². The van der Waals surface area contributed by atoms with E-state index in [9.17, 15) is 0 Å². The molecular formula is C14H19NO2S. The smallest absolute Gasteiger partial charge is 0.162 e. The SMILES string of the molecule is NC1CCC(Sc2ccc3c(c2)OCCCO3)C1. The molecule has 2 N–H and O–H groups in total. The van der Waals surface area contributed by atoms with Crippen molar-refractivity contribution in [1.82, 2.24) is 0 Å². The number of thioether (sulfide) groups is 1. The highest BCUT2D eigenvalue weighted by Gasteiger charge is 2.23. The van der Waals surface area contributed by atoms with Gasteiger partial charge in [-0.05, 0) is 37.5 Å². The minimum atomic E-state index is 0.392. The van der Waals surface area contributed by atoms with Gasteiger partial charge in [0.1, 0.15) is 0 Å². The largest absolute Gasteiger partial charge is 0.490 e. The van der Waals surface area contributed by atoms with Gasteiger partial charge in [-0.2, -0.15) is 0 Å². The maximum atomic E-state index is 5.95. The van der Waals surface area contributed by atoms with Crippen molar-refractivity contribution in [1.29, 1.82) is 0 Å². The number of hydrogen-bond acceptors (Lipinski definition) is 4. The molecule has 4 heteroatoms. The van der Waals surface area contributed by atoms with E-state index in [1.165, 1.54) is 11.3 Å². The molecule has 0 radical (unpaired) electrons. The summed E-state index contributed by atoms with van der Waals surface area (Å²) in [5.74, 6) is 1.76. The average Bonchev–Trinajstić information content (AvgIpc) is 2.64. The topological polar surface area (TPSA) is 44.5 Å². The number of fused-ring (bicyclic) bond motifs is 1. The Morgan fingerprint density at radius 1 is 1.11 bits per heavy atom. The van der Waals surface area contributed by atoms with Crippen molar-refractivity contribution >= 4 is 11.8 Å². The molecule has 1 aromatic rings. The lowest BCUT2D eigenvalue weighted by Crippen LogP contribution is -2.15. The second-order valence-corrected chi connectivity index (χ2v) is 6.35. The van der Waals surface area contributed by atoms with Crippen LogP contribution >= 0.6 is 11.8 Å². The molecule has 1 aliphatic carbocycles. The molecule has 1 heterocycles. The molecule has 1 fully saturated rings. The van der Waals surface area contributed by atoms with E-state index >= 15 is 0 Å². The molecule has 3 nitrogen and oxygen atoms in total. The molecule has 1 saturated carbocycles. The molecule has 98 valence electrons. The number of nitrogens with two attached hydrogens (primary N) is 1. The van der Waals surface area contributed by atoms with Crippen LogP contribution in [-0.4, -0.2) is 24.5 Å². The Hall–Kier alpha value is -0.870. The van der Waals surface area contributed by atoms with Crippen LogP contribution in [0.15, 0.2) is 23.1 Å². The normalized spacial score (nSPS) is 26.9. The van der Waals surface area contributed by atoms with E-state index in [0.29, 0.717) is 11.3 Å². The van der Waals surface area contributed by atoms with Crippen molar-refractivity contribution in [2.75, 3.05) is 13.2 Å². The van der Waals surface area contributed by atoms with Gasteiger partial charge in [-0.25, -0.2) is 0 Å². The Labute approximate surface area is 112 Å². The van der Waals surface area contributed by atoms with Crippen LogP contribution in [0.2, 0.25) is 0 Å². The predicted octanol–water partition coefficient (Wildman–Crippen LogP) is 2.82. The molecule has 0 saturated heterocycles. The highest BCUT2D eigenvalue weighted by Crippen LogP contribution is 2.38. The van der Waals surface area contributed by atoms with Crippen LogP contribution in [0.3, 0.4) is 0 Å². The van der Waals surface area contributed by atoms with Crippen molar-refractivity contribution in [3.05, 3.63) is 18.2 Å². The summed E-state index contributed by atoms with van der Waals surface area (Å²) in [6.45, 7) is 1.49. The van der Waals surface area contributed by atoms with Gasteiger partial charge < -0.3 is 15.2 Å². The molecule has 2 atom stereocenters. The molecule has 2 aliphatic rings. The standard InChI is InChI=1S/C14H19NO2S/c15-10-2-3-11(8-10)18-12-4-5-13-14(9-12)17-7-1-6-16-13/h4-5,9-11H,1-3,6-8,15H2. The fraction of sp³-hybridized carbons (Fsp3) is 0.571. The van der Waals surface area contributed by atoms with Gasteiger partial charge in [0.2, 0.25) is 0 Å². The van der Waals surface area contributed by atoms with E-state index in [0.717, 1.165) is 44.0 Å². The highest BCUT2D eigenvalue weighted by molar-refractivity contribution is 8.00. The highest BCUT2D eigenvalue weighted by atomic mass is 32.2. The molecule has 0 amide bonds. The van der Waals surface area contributed by atoms with Gasteiger partial charge >= 0.3 is 0 Å². The monoisotopic (exact) mass is 265 g/mol. The molecule has 3 rings (SSSR count). The molecular weight excluding hydrogens is 246 g/mol. The lowest BCUT2D eigenvalue weighted by Gasteiger charge is -2.12. The third-order valence-corrected chi connectivity index (χ3v) is 4.73. The van der Waals surface area contributed by atoms with Gasteiger partial charge in [0.05, 0.1) is 13.2 Å². The van der Waals surface area contributed by atoms with Crippen LogP contribution in [0.1, 0.15) is 25.7 Å². The zero-order valence-electron chi connectivity index (χ0n) is 10.4. The summed E-state index contributed by atoms with van der Waals surface area (Å²) in [5.41, 5.74) is 5.95. The second kappa shape index (κ2) is 5.41. The van der Waals surface area contributed by atoms with Crippen molar-refractivity contribution in [3.8, 4) is 11.5 Å². The lowest BCUT2D eigenvalue weighted by atomic mass is 10.3. The molecule has 0 spiro atoms. The Balaban J connectivity index is 1.71. The van der Waals surface area contributed by atoms with Crippen LogP contribution in [0.5, 0.6) is 11.5 Å². The van der Waals surface area contributed by atoms with Gasteiger partial charge in [-0.3, -0.25) is 0 Å². The summed E-state index contributed by atoms with van der Waals surface area (Å²) in [6.07, 6.45) is 4.45. The fourth-order valence-electron chi connectivity index (χ4n) is 2.49. The number of benzene rings is 1. The molecule has 1 aliphatic heterocycles. The van der Waals surface area contributed by atoms with Crippen LogP contribution < -0.4 is 15.2 Å². The van der Waals surface area contributed by atoms with E-state index in [4.69, 9.17) is 15.2 Å². The summed E-state index contributed by atoms with van der Waals surface area (Å²) in [6, 6.07) is 6.65. The number of hydrogen-bond donors (Lipinski definition) is 1. The Morgan fingerprint density at radius 2 is 1.94 bits per heavy atom. The lowest BCUT2D eigenvalue weighted by molar-refractivity contribution is 0.297. The predicted molar refractivity (Wildman–Crippen MR) is 73.5 cm³/mol. The summed E-state index contributed by atoms with van der Waals surface area (Å²) < 4.78 is 11.3. The quantitative estimate of drug-likeness (QED) is 0.893. The number of rotatable bonds is 2. The van der Waals surface area contributed by atoms with E-state index in [-0.39, 0.29) is 0 Å². The third-order valence-electron chi connectivity index (χ3n) is 3.45. The van der Waals surface area contributed by atoms with Gasteiger partial charge in [-0.1, -0.05) is 0 Å². The van der Waals surface area contributed by atoms with Crippen LogP contribution in [-0.2, 0) is 0 Å². The number of ether oxygens (including phenoxy) is 2. The van der Waals surface area contributed by atoms with Crippen molar-refractivity contribution < 1.29 is 9.47 Å². The summed E-state index contributed by atoms with van der Waals surface area (Å²) in [5, 5.41) is 0.657. The zero-order valence-corrected chi connectivity index (χ0v) is 11.2. The van der Waals surface area contributed by atoms with Crippen LogP contribution in [0.25, 0.3) is 0 Å². The third kappa shape index (κ3) is 2.75. The van der Waals surface area contributed by atoms with Crippen LogP contribution in [0, 0.1) is 0 Å². The molecule has 2 unspecified atom stereocenters. The molecule has 0 aromatic heterocycles. The summed E-state index contributed by atoms with van der Waals surface area (Å²) in [4.78, 5) is 1.26. The fourth-order valence-corrected chi connectivity index (χ4v) is 3.79. The maximum Gasteiger partial charge on any atom is 0.162 e. The Morgan fingerprint density at radius 3 is 2.72 bits per heavy atom. The minimum absolute atomic E-state index is 0.392. The molecule has 1 aromatic carbocycles. The second-order valence-electron chi connectivity index (χ2n) is 4.97. The van der Waals surface area contributed by atoms with Crippen LogP contribution in [0.4, 0.5) is 0 Å². The van der Waals surface area contributed by atoms with Crippen molar-refractivity contribution in [2.45, 2.75) is 41.9 Å². The van der Waals surface area contributed by atoms with E-state index in [1.54, 1.807) is 0 Å². The van der Waals surface area contributed by atoms with Gasteiger partial charge in [0.25, 0.3) is 0 Å². The first kappa shape index (κ1) is 12.2. The van der Waals surface area contributed by atoms with E-state index in [2.05, 4.69) is 12.1 Å². The first-order valence-corrected chi connectivity index (χ1v) is 7.51. The zero-order chi connectivity index (χ0) is 12.4. The maximum absolute atomic E-state index is 5.95. The average molecular weight is 265 g/mol. The van der Waals surface area contributed by atoms with Gasteiger partial charge in [0, 0.05) is 22.6 Å². The minimum Gasteiger partial charge on any atom is -0.490 e. The van der Waals surface area contributed by atoms with E-state index in [1.807, 2.05) is 17.8 Å². The van der Waals surface area contributed by atoms with Gasteiger partial charge in [0.15, 0.2) is 11.5 Å². The van der Waals surface area contributed by atoms with E-state index < -0.39 is 0 Å². The van der Waals surface area contributed by atoms with Crippen molar-refractivity contribution in [3.63, 3.8) is 0 Å².